The highest BCUT2D eigenvalue weighted by Gasteiger charge is 2.57. The van der Waals surface area contributed by atoms with Gasteiger partial charge in [-0.05, 0) is 39.5 Å². The van der Waals surface area contributed by atoms with Crippen LogP contribution in [0.3, 0.4) is 0 Å². The van der Waals surface area contributed by atoms with Crippen molar-refractivity contribution in [1.29, 1.82) is 0 Å². The van der Waals surface area contributed by atoms with Gasteiger partial charge >= 0.3 is 12.1 Å². The molecule has 3 atom stereocenters. The summed E-state index contributed by atoms with van der Waals surface area (Å²) in [6.07, 6.45) is 0.993. The lowest BCUT2D eigenvalue weighted by atomic mass is 10.2. The summed E-state index contributed by atoms with van der Waals surface area (Å²) in [5.41, 5.74) is -0.576. The number of likely N-dealkylation sites (tertiary alicyclic amines) is 1. The molecule has 1 aliphatic heterocycles. The van der Waals surface area contributed by atoms with Crippen molar-refractivity contribution in [2.75, 3.05) is 0 Å². The van der Waals surface area contributed by atoms with Crippen LogP contribution in [-0.4, -0.2) is 39.8 Å². The van der Waals surface area contributed by atoms with Crippen molar-refractivity contribution < 1.29 is 19.4 Å². The molecule has 1 saturated heterocycles. The molecule has 0 radical (unpaired) electrons. The Morgan fingerprint density at radius 3 is 2.44 bits per heavy atom. The fourth-order valence-electron chi connectivity index (χ4n) is 2.25. The third kappa shape index (κ3) is 1.99. The summed E-state index contributed by atoms with van der Waals surface area (Å²) in [6.45, 7) is 5.34. The van der Waals surface area contributed by atoms with Crippen LogP contribution in [0.25, 0.3) is 0 Å². The normalized spacial score (nSPS) is 32.2. The number of carboxylic acid groups (broad SMARTS) is 1. The first-order chi connectivity index (χ1) is 7.29. The van der Waals surface area contributed by atoms with Gasteiger partial charge < -0.3 is 9.84 Å². The molecule has 2 fully saturated rings. The molecule has 0 aromatic rings. The Hall–Kier alpha value is -1.26. The minimum absolute atomic E-state index is 0.0935. The summed E-state index contributed by atoms with van der Waals surface area (Å²) in [5, 5.41) is 9.02. The minimum atomic E-state index is -0.932. The molecule has 0 unspecified atom stereocenters. The highest BCUT2D eigenvalue weighted by Crippen LogP contribution is 2.48. The molecule has 1 aliphatic carbocycles. The zero-order valence-corrected chi connectivity index (χ0v) is 9.77. The predicted molar refractivity (Wildman–Crippen MR) is 56.0 cm³/mol. The van der Waals surface area contributed by atoms with E-state index in [0.717, 1.165) is 6.42 Å². The van der Waals surface area contributed by atoms with Gasteiger partial charge in [-0.3, -0.25) is 4.90 Å². The molecule has 5 nitrogen and oxygen atoms in total. The third-order valence-electron chi connectivity index (χ3n) is 2.99. The molecule has 2 rings (SSSR count). The van der Waals surface area contributed by atoms with Crippen molar-refractivity contribution in [3.05, 3.63) is 0 Å². The standard InChI is InChI=1S/C11H17NO4/c1-11(2,3)16-10(15)12-7-4-6(7)5-8(12)9(13)14/h6-8H,4-5H2,1-3H3,(H,13,14)/t6-,7-,8-/m0/s1. The third-order valence-corrected chi connectivity index (χ3v) is 2.99. The van der Waals surface area contributed by atoms with Crippen LogP contribution < -0.4 is 0 Å². The van der Waals surface area contributed by atoms with Gasteiger partial charge in [0.2, 0.25) is 0 Å². The van der Waals surface area contributed by atoms with Gasteiger partial charge in [0.05, 0.1) is 0 Å². The number of ether oxygens (including phenoxy) is 1. The maximum Gasteiger partial charge on any atom is 0.411 e. The van der Waals surface area contributed by atoms with Gasteiger partial charge in [0, 0.05) is 6.04 Å². The lowest BCUT2D eigenvalue weighted by Gasteiger charge is -2.28. The Balaban J connectivity index is 2.07. The van der Waals surface area contributed by atoms with Gasteiger partial charge in [0.15, 0.2) is 0 Å². The zero-order valence-electron chi connectivity index (χ0n) is 9.77. The fraction of sp³-hybridized carbons (Fsp3) is 0.818. The Morgan fingerprint density at radius 2 is 1.94 bits per heavy atom. The van der Waals surface area contributed by atoms with E-state index in [-0.39, 0.29) is 6.04 Å². The Morgan fingerprint density at radius 1 is 1.31 bits per heavy atom. The van der Waals surface area contributed by atoms with Gasteiger partial charge in [-0.2, -0.15) is 0 Å². The van der Waals surface area contributed by atoms with Crippen LogP contribution in [0.4, 0.5) is 4.79 Å². The van der Waals surface area contributed by atoms with Crippen molar-refractivity contribution in [2.24, 2.45) is 5.92 Å². The average Bonchev–Trinajstić information content (AvgIpc) is 2.73. The van der Waals surface area contributed by atoms with Crippen LogP contribution in [-0.2, 0) is 9.53 Å². The summed E-state index contributed by atoms with van der Waals surface area (Å²) in [5.74, 6) is -0.563. The minimum Gasteiger partial charge on any atom is -0.480 e. The first kappa shape index (κ1) is 11.2. The van der Waals surface area contributed by atoms with E-state index in [1.807, 2.05) is 0 Å². The molecular weight excluding hydrogens is 210 g/mol. The highest BCUT2D eigenvalue weighted by molar-refractivity contribution is 5.82. The predicted octanol–water partition coefficient (Wildman–Crippen LogP) is 1.47. The van der Waals surface area contributed by atoms with Gasteiger partial charge in [0.25, 0.3) is 0 Å². The number of carbonyl (C=O) groups excluding carboxylic acids is 1. The van der Waals surface area contributed by atoms with Crippen LogP contribution in [0.2, 0.25) is 0 Å². The van der Waals surface area contributed by atoms with Gasteiger partial charge in [-0.1, -0.05) is 0 Å². The Bertz CT molecular complexity index is 333. The summed E-state index contributed by atoms with van der Waals surface area (Å²) < 4.78 is 5.22. The maximum atomic E-state index is 11.9. The first-order valence-corrected chi connectivity index (χ1v) is 5.54. The molecule has 1 amide bonds. The van der Waals surface area contributed by atoms with Gasteiger partial charge in [0.1, 0.15) is 11.6 Å². The quantitative estimate of drug-likeness (QED) is 0.736. The largest absolute Gasteiger partial charge is 0.480 e. The number of hydrogen-bond donors (Lipinski definition) is 1. The van der Waals surface area contributed by atoms with Crippen molar-refractivity contribution in [3.63, 3.8) is 0 Å². The van der Waals surface area contributed by atoms with Crippen LogP contribution in [0, 0.1) is 5.92 Å². The number of carboxylic acids is 1. The Labute approximate surface area is 94.4 Å². The number of rotatable bonds is 1. The summed E-state index contributed by atoms with van der Waals surface area (Å²) >= 11 is 0. The van der Waals surface area contributed by atoms with E-state index in [1.165, 1.54) is 4.90 Å². The van der Waals surface area contributed by atoms with E-state index in [0.29, 0.717) is 12.3 Å². The molecule has 1 heterocycles. The van der Waals surface area contributed by atoms with E-state index in [4.69, 9.17) is 9.84 Å². The van der Waals surface area contributed by atoms with Gasteiger partial charge in [-0.15, -0.1) is 0 Å². The second kappa shape index (κ2) is 3.37. The molecule has 0 aromatic carbocycles. The van der Waals surface area contributed by atoms with Crippen LogP contribution in [0.15, 0.2) is 0 Å². The van der Waals surface area contributed by atoms with E-state index >= 15 is 0 Å². The maximum absolute atomic E-state index is 11.9. The second-order valence-electron chi connectivity index (χ2n) is 5.54. The summed E-state index contributed by atoms with van der Waals surface area (Å²) in [6, 6.07) is -0.602. The van der Waals surface area contributed by atoms with E-state index in [2.05, 4.69) is 0 Å². The number of fused-ring (bicyclic) bond motifs is 1. The zero-order chi connectivity index (χ0) is 12.1. The lowest BCUT2D eigenvalue weighted by Crippen LogP contribution is -2.45. The molecule has 1 saturated carbocycles. The molecule has 5 heteroatoms. The fourth-order valence-corrected chi connectivity index (χ4v) is 2.25. The molecule has 0 spiro atoms. The summed E-state index contributed by atoms with van der Waals surface area (Å²) in [7, 11) is 0. The molecular formula is C11H17NO4. The van der Waals surface area contributed by atoms with Crippen LogP contribution in [0.5, 0.6) is 0 Å². The summed E-state index contributed by atoms with van der Waals surface area (Å²) in [4.78, 5) is 24.3. The van der Waals surface area contributed by atoms with Crippen LogP contribution >= 0.6 is 0 Å². The SMILES string of the molecule is CC(C)(C)OC(=O)N1[C@H](C(=O)O)C[C@@H]2C[C@@H]21. The van der Waals surface area contributed by atoms with Gasteiger partial charge in [-0.25, -0.2) is 9.59 Å². The molecule has 0 aromatic heterocycles. The monoisotopic (exact) mass is 227 g/mol. The van der Waals surface area contributed by atoms with E-state index < -0.39 is 23.7 Å². The number of amides is 1. The van der Waals surface area contributed by atoms with Crippen molar-refractivity contribution in [3.8, 4) is 0 Å². The molecule has 2 aliphatic rings. The molecule has 90 valence electrons. The van der Waals surface area contributed by atoms with Crippen molar-refractivity contribution in [2.45, 2.75) is 51.3 Å². The Kier molecular flexibility index (Phi) is 2.36. The topological polar surface area (TPSA) is 66.8 Å². The van der Waals surface area contributed by atoms with E-state index in [9.17, 15) is 9.59 Å². The number of hydrogen-bond acceptors (Lipinski definition) is 3. The average molecular weight is 227 g/mol. The van der Waals surface area contributed by atoms with Crippen LogP contribution in [0.1, 0.15) is 33.6 Å². The van der Waals surface area contributed by atoms with E-state index in [1.54, 1.807) is 20.8 Å². The second-order valence-corrected chi connectivity index (χ2v) is 5.54. The number of nitrogens with zero attached hydrogens (tertiary/aromatic N) is 1. The highest BCUT2D eigenvalue weighted by atomic mass is 16.6. The molecule has 1 N–H and O–H groups in total. The molecule has 16 heavy (non-hydrogen) atoms. The number of aliphatic carboxylic acids is 1. The molecule has 0 bridgehead atoms. The van der Waals surface area contributed by atoms with Crippen molar-refractivity contribution >= 4 is 12.1 Å². The number of carbonyl (C=O) groups is 2. The smallest absolute Gasteiger partial charge is 0.411 e. The van der Waals surface area contributed by atoms with Crippen molar-refractivity contribution in [1.82, 2.24) is 4.90 Å². The first-order valence-electron chi connectivity index (χ1n) is 5.54. The lowest BCUT2D eigenvalue weighted by molar-refractivity contribution is -0.142. The number of piperidine rings is 1.